The van der Waals surface area contributed by atoms with E-state index < -0.39 is 5.91 Å². The lowest BCUT2D eigenvalue weighted by Gasteiger charge is -2.03. The van der Waals surface area contributed by atoms with E-state index in [-0.39, 0.29) is 11.5 Å². The molecule has 106 valence electrons. The summed E-state index contributed by atoms with van der Waals surface area (Å²) in [5.74, 6) is -0.209. The van der Waals surface area contributed by atoms with Crippen LogP contribution in [0.3, 0.4) is 0 Å². The number of imidazole rings is 1. The van der Waals surface area contributed by atoms with Gasteiger partial charge in [0.1, 0.15) is 5.69 Å². The second-order valence-corrected chi connectivity index (χ2v) is 5.12. The van der Waals surface area contributed by atoms with Gasteiger partial charge in [0.15, 0.2) is 16.7 Å². The van der Waals surface area contributed by atoms with Crippen molar-refractivity contribution in [1.29, 1.82) is 0 Å². The first-order chi connectivity index (χ1) is 9.58. The number of aromatic nitrogens is 3. The summed E-state index contributed by atoms with van der Waals surface area (Å²) in [6.07, 6.45) is 5.38. The molecule has 0 saturated heterocycles. The number of Topliss-reactive ketones (excluding diaryl/α,β-unsaturated/α-hetero) is 1. The average Bonchev–Trinajstić information content (AvgIpc) is 3.03. The fraction of sp³-hybridized carbons (Fsp3) is 0.333. The Morgan fingerprint density at radius 3 is 2.75 bits per heavy atom. The minimum Gasteiger partial charge on any atom is -0.369 e. The van der Waals surface area contributed by atoms with E-state index in [0.717, 1.165) is 30.7 Å². The van der Waals surface area contributed by atoms with Crippen molar-refractivity contribution in [2.24, 2.45) is 5.73 Å². The zero-order valence-corrected chi connectivity index (χ0v) is 11.6. The van der Waals surface area contributed by atoms with Crippen LogP contribution in [-0.4, -0.2) is 26.2 Å². The Morgan fingerprint density at radius 2 is 2.15 bits per heavy atom. The van der Waals surface area contributed by atoms with Gasteiger partial charge in [-0.1, -0.05) is 0 Å². The summed E-state index contributed by atoms with van der Waals surface area (Å²) in [5, 5.41) is 1.84. The number of amides is 1. The highest BCUT2D eigenvalue weighted by Gasteiger charge is 2.13. The first kappa shape index (κ1) is 14.2. The van der Waals surface area contributed by atoms with Gasteiger partial charge in [0.2, 0.25) is 0 Å². The Labute approximate surface area is 119 Å². The van der Waals surface area contributed by atoms with Crippen molar-refractivity contribution in [3.8, 4) is 0 Å². The maximum absolute atomic E-state index is 11.9. The molecule has 0 spiro atoms. The van der Waals surface area contributed by atoms with Crippen LogP contribution in [0.1, 0.15) is 39.6 Å². The summed E-state index contributed by atoms with van der Waals surface area (Å²) in [4.78, 5) is 30.6. The Hall–Kier alpha value is -2.22. The highest BCUT2D eigenvalue weighted by molar-refractivity contribution is 7.11. The lowest BCUT2D eigenvalue weighted by atomic mass is 10.2. The van der Waals surface area contributed by atoms with E-state index in [2.05, 4.69) is 9.97 Å². The average molecular weight is 293 g/mol. The molecule has 8 heteroatoms. The second-order valence-electron chi connectivity index (χ2n) is 4.26. The van der Waals surface area contributed by atoms with Gasteiger partial charge in [0.05, 0.1) is 0 Å². The Kier molecular flexibility index (Phi) is 4.46. The van der Waals surface area contributed by atoms with Crippen LogP contribution >= 0.6 is 11.3 Å². The Morgan fingerprint density at radius 1 is 1.35 bits per heavy atom. The number of carbonyl (C=O) groups is 2. The molecule has 1 amide bonds. The van der Waals surface area contributed by atoms with Crippen molar-refractivity contribution < 1.29 is 9.59 Å². The van der Waals surface area contributed by atoms with Crippen LogP contribution in [0.4, 0.5) is 5.95 Å². The first-order valence-electron chi connectivity index (χ1n) is 6.13. The van der Waals surface area contributed by atoms with E-state index in [4.69, 9.17) is 11.5 Å². The number of ketones is 1. The molecular formula is C12H15N5O2S. The van der Waals surface area contributed by atoms with Gasteiger partial charge in [-0.2, -0.15) is 0 Å². The van der Waals surface area contributed by atoms with Crippen LogP contribution in [0, 0.1) is 0 Å². The summed E-state index contributed by atoms with van der Waals surface area (Å²) in [7, 11) is 0. The van der Waals surface area contributed by atoms with Gasteiger partial charge in [-0.15, -0.1) is 11.3 Å². The summed E-state index contributed by atoms with van der Waals surface area (Å²) < 4.78 is 1.83. The number of nitrogens with two attached hydrogens (primary N) is 2. The number of thiazole rings is 1. The minimum absolute atomic E-state index is 0.0684. The van der Waals surface area contributed by atoms with Gasteiger partial charge >= 0.3 is 0 Å². The van der Waals surface area contributed by atoms with E-state index >= 15 is 0 Å². The van der Waals surface area contributed by atoms with E-state index in [0.29, 0.717) is 17.4 Å². The largest absolute Gasteiger partial charge is 0.369 e. The predicted molar refractivity (Wildman–Crippen MR) is 75.5 cm³/mol. The van der Waals surface area contributed by atoms with E-state index in [1.807, 2.05) is 4.57 Å². The lowest BCUT2D eigenvalue weighted by Crippen LogP contribution is -2.12. The maximum atomic E-state index is 11.9. The molecule has 2 aromatic heterocycles. The molecule has 0 saturated carbocycles. The van der Waals surface area contributed by atoms with Crippen LogP contribution < -0.4 is 11.5 Å². The zero-order chi connectivity index (χ0) is 14.5. The van der Waals surface area contributed by atoms with Crippen LogP contribution in [0.2, 0.25) is 0 Å². The number of aryl methyl sites for hydroxylation is 1. The highest BCUT2D eigenvalue weighted by atomic mass is 32.1. The number of hydrogen-bond donors (Lipinski definition) is 2. The quantitative estimate of drug-likeness (QED) is 0.585. The smallest absolute Gasteiger partial charge is 0.268 e. The van der Waals surface area contributed by atoms with Crippen molar-refractivity contribution in [2.45, 2.75) is 25.8 Å². The molecule has 20 heavy (non-hydrogen) atoms. The molecule has 0 aliphatic rings. The van der Waals surface area contributed by atoms with Gasteiger partial charge in [0, 0.05) is 30.7 Å². The van der Waals surface area contributed by atoms with Gasteiger partial charge < -0.3 is 16.0 Å². The number of nitrogens with zero attached hydrogens (tertiary/aromatic N) is 3. The molecule has 0 aromatic carbocycles. The number of nitrogen functional groups attached to an aromatic ring is 1. The molecule has 0 bridgehead atoms. The van der Waals surface area contributed by atoms with Crippen molar-refractivity contribution in [3.05, 3.63) is 28.5 Å². The van der Waals surface area contributed by atoms with Gasteiger partial charge in [-0.25, -0.2) is 9.97 Å². The molecule has 2 aromatic rings. The van der Waals surface area contributed by atoms with Crippen LogP contribution in [0.15, 0.2) is 17.8 Å². The number of anilines is 1. The molecule has 0 aliphatic carbocycles. The number of primary amides is 1. The third-order valence-electron chi connectivity index (χ3n) is 2.80. The summed E-state index contributed by atoms with van der Waals surface area (Å²) in [6, 6.07) is 0. The van der Waals surface area contributed by atoms with Crippen molar-refractivity contribution in [1.82, 2.24) is 14.5 Å². The van der Waals surface area contributed by atoms with E-state index in [9.17, 15) is 9.59 Å². The predicted octanol–water partition coefficient (Wildman–Crippen LogP) is 1.07. The first-order valence-corrected chi connectivity index (χ1v) is 7.01. The summed E-state index contributed by atoms with van der Waals surface area (Å²) >= 11 is 1.15. The van der Waals surface area contributed by atoms with Crippen LogP contribution in [-0.2, 0) is 6.54 Å². The Bertz CT molecular complexity index is 619. The molecule has 0 unspecified atom stereocenters. The maximum Gasteiger partial charge on any atom is 0.268 e. The number of rotatable bonds is 7. The molecule has 0 atom stereocenters. The lowest BCUT2D eigenvalue weighted by molar-refractivity contribution is 0.0978. The van der Waals surface area contributed by atoms with Gasteiger partial charge in [0.25, 0.3) is 5.91 Å². The number of hydrogen-bond acceptors (Lipinski definition) is 6. The fourth-order valence-electron chi connectivity index (χ4n) is 1.72. The molecule has 7 nitrogen and oxygen atoms in total. The van der Waals surface area contributed by atoms with Crippen molar-refractivity contribution in [2.75, 3.05) is 5.73 Å². The zero-order valence-electron chi connectivity index (χ0n) is 10.8. The van der Waals surface area contributed by atoms with Crippen LogP contribution in [0.5, 0.6) is 0 Å². The van der Waals surface area contributed by atoms with Crippen LogP contribution in [0.25, 0.3) is 0 Å². The molecular weight excluding hydrogens is 278 g/mol. The normalized spacial score (nSPS) is 10.6. The highest BCUT2D eigenvalue weighted by Crippen LogP contribution is 2.14. The molecule has 2 heterocycles. The molecule has 2 rings (SSSR count). The third kappa shape index (κ3) is 3.41. The topological polar surface area (TPSA) is 117 Å². The fourth-order valence-corrected chi connectivity index (χ4v) is 2.50. The summed E-state index contributed by atoms with van der Waals surface area (Å²) in [5.41, 5.74) is 10.9. The SMILES string of the molecule is NC(=O)c1csc(C(=O)CCCCn2ccnc2N)n1. The minimum atomic E-state index is -0.615. The van der Waals surface area contributed by atoms with Crippen molar-refractivity contribution >= 4 is 29.0 Å². The molecule has 0 aliphatic heterocycles. The van der Waals surface area contributed by atoms with Crippen molar-refractivity contribution in [3.63, 3.8) is 0 Å². The monoisotopic (exact) mass is 293 g/mol. The third-order valence-corrected chi connectivity index (χ3v) is 3.68. The molecule has 0 fully saturated rings. The number of unbranched alkanes of at least 4 members (excludes halogenated alkanes) is 1. The molecule has 4 N–H and O–H groups in total. The molecule has 0 radical (unpaired) electrons. The van der Waals surface area contributed by atoms with E-state index in [1.165, 1.54) is 5.38 Å². The number of carbonyl (C=O) groups excluding carboxylic acids is 2. The second kappa shape index (κ2) is 6.29. The standard InChI is InChI=1S/C12H15N5O2S/c13-10(19)8-7-20-11(16-8)9(18)3-1-2-5-17-6-4-15-12(17)14/h4,6-7H,1-3,5H2,(H2,13,19)(H2,14,15). The van der Waals surface area contributed by atoms with Gasteiger partial charge in [-0.05, 0) is 12.8 Å². The summed E-state index contributed by atoms with van der Waals surface area (Å²) in [6.45, 7) is 0.726. The van der Waals surface area contributed by atoms with E-state index in [1.54, 1.807) is 12.4 Å². The van der Waals surface area contributed by atoms with Gasteiger partial charge in [-0.3, -0.25) is 9.59 Å². The Balaban J connectivity index is 1.77.